The molecule has 0 spiro atoms. The summed E-state index contributed by atoms with van der Waals surface area (Å²) in [4.78, 5) is 14.3. The normalized spacial score (nSPS) is 17.7. The summed E-state index contributed by atoms with van der Waals surface area (Å²) >= 11 is 0. The lowest BCUT2D eigenvalue weighted by molar-refractivity contribution is -0.156. The van der Waals surface area contributed by atoms with E-state index >= 15 is 0 Å². The SMILES string of the molecule is CC(C)(C)OC(=O)CC1CCN(Cc2ccccc2)CC1. The summed E-state index contributed by atoms with van der Waals surface area (Å²) in [5.41, 5.74) is 0.994. The third kappa shape index (κ3) is 5.88. The van der Waals surface area contributed by atoms with Gasteiger partial charge in [0, 0.05) is 13.0 Å². The summed E-state index contributed by atoms with van der Waals surface area (Å²) in [7, 11) is 0. The number of benzene rings is 1. The van der Waals surface area contributed by atoms with Gasteiger partial charge in [-0.15, -0.1) is 0 Å². The molecule has 0 aliphatic carbocycles. The van der Waals surface area contributed by atoms with Crippen LogP contribution in [-0.2, 0) is 16.1 Å². The van der Waals surface area contributed by atoms with Crippen LogP contribution in [0.4, 0.5) is 0 Å². The lowest BCUT2D eigenvalue weighted by Crippen LogP contribution is -2.34. The van der Waals surface area contributed by atoms with Gasteiger partial charge in [0.1, 0.15) is 5.60 Å². The van der Waals surface area contributed by atoms with E-state index in [0.29, 0.717) is 12.3 Å². The quantitative estimate of drug-likeness (QED) is 0.793. The molecule has 2 rings (SSSR count). The highest BCUT2D eigenvalue weighted by Crippen LogP contribution is 2.23. The van der Waals surface area contributed by atoms with E-state index in [2.05, 4.69) is 35.2 Å². The highest BCUT2D eigenvalue weighted by atomic mass is 16.6. The molecule has 0 radical (unpaired) electrons. The van der Waals surface area contributed by atoms with Gasteiger partial charge in [0.15, 0.2) is 0 Å². The van der Waals surface area contributed by atoms with Crippen molar-refractivity contribution in [3.63, 3.8) is 0 Å². The Morgan fingerprint density at radius 1 is 1.19 bits per heavy atom. The number of hydrogen-bond acceptors (Lipinski definition) is 3. The van der Waals surface area contributed by atoms with Crippen LogP contribution in [0.1, 0.15) is 45.6 Å². The van der Waals surface area contributed by atoms with Crippen LogP contribution >= 0.6 is 0 Å². The molecule has 21 heavy (non-hydrogen) atoms. The fourth-order valence-electron chi connectivity index (χ4n) is 2.81. The average molecular weight is 289 g/mol. The first kappa shape index (κ1) is 16.0. The minimum atomic E-state index is -0.370. The van der Waals surface area contributed by atoms with Crippen molar-refractivity contribution < 1.29 is 9.53 Å². The number of carbonyl (C=O) groups excluding carboxylic acids is 1. The number of rotatable bonds is 4. The maximum absolute atomic E-state index is 11.9. The molecule has 1 aromatic rings. The van der Waals surface area contributed by atoms with Crippen LogP contribution < -0.4 is 0 Å². The summed E-state index contributed by atoms with van der Waals surface area (Å²) in [6, 6.07) is 10.6. The number of esters is 1. The summed E-state index contributed by atoms with van der Waals surface area (Å²) in [5.74, 6) is 0.427. The lowest BCUT2D eigenvalue weighted by Gasteiger charge is -2.32. The van der Waals surface area contributed by atoms with E-state index in [4.69, 9.17) is 4.74 Å². The summed E-state index contributed by atoms with van der Waals surface area (Å²) in [6.07, 6.45) is 2.74. The number of hydrogen-bond donors (Lipinski definition) is 0. The van der Waals surface area contributed by atoms with Crippen LogP contribution in [0.5, 0.6) is 0 Å². The van der Waals surface area contributed by atoms with E-state index in [1.54, 1.807) is 0 Å². The van der Waals surface area contributed by atoms with Crippen molar-refractivity contribution in [2.24, 2.45) is 5.92 Å². The molecular weight excluding hydrogens is 262 g/mol. The van der Waals surface area contributed by atoms with E-state index in [1.165, 1.54) is 5.56 Å². The standard InChI is InChI=1S/C18H27NO2/c1-18(2,3)21-17(20)13-15-9-11-19(12-10-15)14-16-7-5-4-6-8-16/h4-8,15H,9-14H2,1-3H3. The van der Waals surface area contributed by atoms with Crippen molar-refractivity contribution in [2.45, 2.75) is 52.2 Å². The van der Waals surface area contributed by atoms with Crippen LogP contribution in [0.15, 0.2) is 30.3 Å². The smallest absolute Gasteiger partial charge is 0.306 e. The maximum atomic E-state index is 11.9. The molecule has 1 heterocycles. The first-order chi connectivity index (χ1) is 9.92. The van der Waals surface area contributed by atoms with E-state index in [9.17, 15) is 4.79 Å². The molecule has 3 heteroatoms. The molecule has 0 unspecified atom stereocenters. The van der Waals surface area contributed by atoms with Crippen molar-refractivity contribution >= 4 is 5.97 Å². The van der Waals surface area contributed by atoms with Crippen LogP contribution in [0.2, 0.25) is 0 Å². The van der Waals surface area contributed by atoms with Gasteiger partial charge in [0.2, 0.25) is 0 Å². The molecule has 0 atom stereocenters. The average Bonchev–Trinajstić information content (AvgIpc) is 2.40. The number of likely N-dealkylation sites (tertiary alicyclic amines) is 1. The van der Waals surface area contributed by atoms with E-state index in [0.717, 1.165) is 32.5 Å². The maximum Gasteiger partial charge on any atom is 0.306 e. The first-order valence-corrected chi connectivity index (χ1v) is 7.90. The molecule has 1 saturated heterocycles. The summed E-state index contributed by atoms with van der Waals surface area (Å²) in [6.45, 7) is 8.93. The predicted molar refractivity (Wildman–Crippen MR) is 84.9 cm³/mol. The minimum Gasteiger partial charge on any atom is -0.460 e. The third-order valence-corrected chi connectivity index (χ3v) is 3.83. The topological polar surface area (TPSA) is 29.5 Å². The van der Waals surface area contributed by atoms with E-state index in [1.807, 2.05) is 20.8 Å². The molecule has 1 aliphatic heterocycles. The van der Waals surface area contributed by atoms with Gasteiger partial charge in [0.05, 0.1) is 0 Å². The second-order valence-corrected chi connectivity index (χ2v) is 7.00. The Bertz CT molecular complexity index is 442. The van der Waals surface area contributed by atoms with Gasteiger partial charge in [-0.25, -0.2) is 0 Å². The Balaban J connectivity index is 1.72. The van der Waals surface area contributed by atoms with E-state index < -0.39 is 0 Å². The van der Waals surface area contributed by atoms with Crippen molar-refractivity contribution in [2.75, 3.05) is 13.1 Å². The van der Waals surface area contributed by atoms with Crippen molar-refractivity contribution in [1.29, 1.82) is 0 Å². The van der Waals surface area contributed by atoms with Crippen molar-refractivity contribution in [3.8, 4) is 0 Å². The molecule has 0 N–H and O–H groups in total. The molecule has 3 nitrogen and oxygen atoms in total. The van der Waals surface area contributed by atoms with Crippen LogP contribution in [-0.4, -0.2) is 29.6 Å². The fourth-order valence-corrected chi connectivity index (χ4v) is 2.81. The Labute approximate surface area is 128 Å². The zero-order valence-corrected chi connectivity index (χ0v) is 13.5. The van der Waals surface area contributed by atoms with E-state index in [-0.39, 0.29) is 11.6 Å². The minimum absolute atomic E-state index is 0.0518. The second kappa shape index (κ2) is 7.08. The molecule has 0 saturated carbocycles. The zero-order valence-electron chi connectivity index (χ0n) is 13.5. The molecule has 0 bridgehead atoms. The van der Waals surface area contributed by atoms with Crippen LogP contribution in [0.3, 0.4) is 0 Å². The highest BCUT2D eigenvalue weighted by Gasteiger charge is 2.24. The number of piperidine rings is 1. The second-order valence-electron chi connectivity index (χ2n) is 7.00. The molecule has 0 aromatic heterocycles. The highest BCUT2D eigenvalue weighted by molar-refractivity contribution is 5.70. The molecule has 1 aromatic carbocycles. The van der Waals surface area contributed by atoms with Gasteiger partial charge in [0.25, 0.3) is 0 Å². The number of carbonyl (C=O) groups is 1. The Morgan fingerprint density at radius 3 is 2.38 bits per heavy atom. The third-order valence-electron chi connectivity index (χ3n) is 3.83. The molecule has 116 valence electrons. The van der Waals surface area contributed by atoms with Gasteiger partial charge >= 0.3 is 5.97 Å². The van der Waals surface area contributed by atoms with Crippen LogP contribution in [0.25, 0.3) is 0 Å². The van der Waals surface area contributed by atoms with Crippen LogP contribution in [0, 0.1) is 5.92 Å². The molecular formula is C18H27NO2. The van der Waals surface area contributed by atoms with Crippen molar-refractivity contribution in [3.05, 3.63) is 35.9 Å². The molecule has 1 aliphatic rings. The fraction of sp³-hybridized carbons (Fsp3) is 0.611. The first-order valence-electron chi connectivity index (χ1n) is 7.90. The number of ether oxygens (including phenoxy) is 1. The van der Waals surface area contributed by atoms with Crippen molar-refractivity contribution in [1.82, 2.24) is 4.90 Å². The monoisotopic (exact) mass is 289 g/mol. The largest absolute Gasteiger partial charge is 0.460 e. The van der Waals surface area contributed by atoms with Gasteiger partial charge in [-0.05, 0) is 58.2 Å². The Kier molecular flexibility index (Phi) is 5.40. The van der Waals surface area contributed by atoms with Gasteiger partial charge in [-0.2, -0.15) is 0 Å². The Morgan fingerprint density at radius 2 is 1.81 bits per heavy atom. The summed E-state index contributed by atoms with van der Waals surface area (Å²) in [5, 5.41) is 0. The van der Waals surface area contributed by atoms with Gasteiger partial charge in [-0.3, -0.25) is 9.69 Å². The lowest BCUT2D eigenvalue weighted by atomic mass is 9.93. The predicted octanol–water partition coefficient (Wildman–Crippen LogP) is 3.63. The Hall–Kier alpha value is -1.35. The molecule has 1 fully saturated rings. The van der Waals surface area contributed by atoms with Gasteiger partial charge < -0.3 is 4.74 Å². The number of nitrogens with zero attached hydrogens (tertiary/aromatic N) is 1. The summed E-state index contributed by atoms with van der Waals surface area (Å²) < 4.78 is 5.41. The molecule has 0 amide bonds. The van der Waals surface area contributed by atoms with Gasteiger partial charge in [-0.1, -0.05) is 30.3 Å². The zero-order chi connectivity index (χ0) is 15.3.